The van der Waals surface area contributed by atoms with E-state index < -0.39 is 11.6 Å². The maximum absolute atomic E-state index is 13.3. The number of para-hydroxylation sites is 1. The van der Waals surface area contributed by atoms with E-state index >= 15 is 0 Å². The molecule has 0 radical (unpaired) electrons. The monoisotopic (exact) mass is 473 g/mol. The topological polar surface area (TPSA) is 90.4 Å². The van der Waals surface area contributed by atoms with Crippen LogP contribution >= 0.6 is 11.6 Å². The Morgan fingerprint density at radius 3 is 2.53 bits per heavy atom. The molecular formula is C25H20ClN5O3. The zero-order chi connectivity index (χ0) is 23.8. The zero-order valence-electron chi connectivity index (χ0n) is 18.2. The molecule has 9 heteroatoms. The number of aryl methyl sites for hydroxylation is 1. The van der Waals surface area contributed by atoms with Gasteiger partial charge in [-0.05, 0) is 42.8 Å². The summed E-state index contributed by atoms with van der Waals surface area (Å²) in [5, 5.41) is 7.97. The van der Waals surface area contributed by atoms with Gasteiger partial charge in [-0.1, -0.05) is 59.6 Å². The Balaban J connectivity index is 1.61. The molecule has 0 atom stereocenters. The van der Waals surface area contributed by atoms with Gasteiger partial charge in [0.1, 0.15) is 6.54 Å². The highest BCUT2D eigenvalue weighted by Gasteiger charge is 2.19. The molecule has 3 aromatic carbocycles. The first-order valence-electron chi connectivity index (χ1n) is 10.6. The van der Waals surface area contributed by atoms with E-state index in [1.807, 2.05) is 31.2 Å². The SMILES string of the molecule is Cc1ccc(Cn2c(=O)c3ccccc3n3c(=O)n(CC(=O)Nc4cccc(Cl)c4)nc23)cc1. The number of halogens is 1. The van der Waals surface area contributed by atoms with Crippen molar-refractivity contribution in [2.45, 2.75) is 20.0 Å². The third kappa shape index (κ3) is 3.99. The first kappa shape index (κ1) is 21.7. The third-order valence-electron chi connectivity index (χ3n) is 5.55. The average molecular weight is 474 g/mol. The quantitative estimate of drug-likeness (QED) is 0.423. The zero-order valence-corrected chi connectivity index (χ0v) is 19.0. The fourth-order valence-electron chi connectivity index (χ4n) is 3.89. The van der Waals surface area contributed by atoms with Crippen LogP contribution in [0.15, 0.2) is 82.4 Å². The number of hydrogen-bond donors (Lipinski definition) is 1. The number of benzene rings is 3. The van der Waals surface area contributed by atoms with Crippen molar-refractivity contribution in [1.29, 1.82) is 0 Å². The van der Waals surface area contributed by atoms with E-state index in [1.165, 1.54) is 8.97 Å². The van der Waals surface area contributed by atoms with Crippen LogP contribution in [0.2, 0.25) is 5.02 Å². The summed E-state index contributed by atoms with van der Waals surface area (Å²) >= 11 is 5.98. The lowest BCUT2D eigenvalue weighted by Crippen LogP contribution is -2.29. The molecule has 0 fully saturated rings. The first-order valence-corrected chi connectivity index (χ1v) is 11.0. The standard InChI is InChI=1S/C25H20ClN5O3/c1-16-9-11-17(12-10-16)14-29-23(33)20-7-2-3-8-21(20)31-24(29)28-30(25(31)34)15-22(32)27-19-6-4-5-18(26)13-19/h2-13H,14-15H2,1H3,(H,27,32). The highest BCUT2D eigenvalue weighted by Crippen LogP contribution is 2.15. The molecule has 2 aromatic heterocycles. The van der Waals surface area contributed by atoms with Crippen molar-refractivity contribution in [3.63, 3.8) is 0 Å². The van der Waals surface area contributed by atoms with Crippen LogP contribution in [0.5, 0.6) is 0 Å². The van der Waals surface area contributed by atoms with Crippen molar-refractivity contribution < 1.29 is 4.79 Å². The fraction of sp³-hybridized carbons (Fsp3) is 0.120. The summed E-state index contributed by atoms with van der Waals surface area (Å²) in [6, 6.07) is 21.4. The second-order valence-corrected chi connectivity index (χ2v) is 8.46. The Labute approximate surface area is 198 Å². The van der Waals surface area contributed by atoms with Crippen LogP contribution in [-0.2, 0) is 17.9 Å². The van der Waals surface area contributed by atoms with Gasteiger partial charge < -0.3 is 5.32 Å². The molecule has 0 saturated heterocycles. The van der Waals surface area contributed by atoms with Crippen molar-refractivity contribution in [2.24, 2.45) is 0 Å². The Hall–Kier alpha value is -4.17. The van der Waals surface area contributed by atoms with Gasteiger partial charge in [0.05, 0.1) is 17.4 Å². The van der Waals surface area contributed by atoms with Crippen LogP contribution in [0.4, 0.5) is 5.69 Å². The normalized spacial score (nSPS) is 11.2. The third-order valence-corrected chi connectivity index (χ3v) is 5.78. The number of carbonyl (C=O) groups is 1. The van der Waals surface area contributed by atoms with Crippen molar-refractivity contribution in [2.75, 3.05) is 5.32 Å². The molecule has 0 aliphatic rings. The number of rotatable bonds is 5. The molecule has 1 amide bonds. The molecular weight excluding hydrogens is 454 g/mol. The number of amides is 1. The fourth-order valence-corrected chi connectivity index (χ4v) is 4.08. The molecule has 34 heavy (non-hydrogen) atoms. The van der Waals surface area contributed by atoms with Crippen molar-refractivity contribution in [3.05, 3.63) is 110 Å². The van der Waals surface area contributed by atoms with E-state index in [0.717, 1.165) is 15.8 Å². The lowest BCUT2D eigenvalue weighted by molar-refractivity contribution is -0.117. The van der Waals surface area contributed by atoms with Gasteiger partial charge in [0, 0.05) is 10.7 Å². The summed E-state index contributed by atoms with van der Waals surface area (Å²) in [6.07, 6.45) is 0. The van der Waals surface area contributed by atoms with E-state index in [0.29, 0.717) is 21.6 Å². The van der Waals surface area contributed by atoms with E-state index in [2.05, 4.69) is 10.4 Å². The van der Waals surface area contributed by atoms with Crippen LogP contribution < -0.4 is 16.6 Å². The van der Waals surface area contributed by atoms with Gasteiger partial charge in [-0.25, -0.2) is 13.9 Å². The predicted molar refractivity (Wildman–Crippen MR) is 132 cm³/mol. The second kappa shape index (κ2) is 8.64. The molecule has 0 saturated carbocycles. The van der Waals surface area contributed by atoms with E-state index in [4.69, 9.17) is 11.6 Å². The smallest absolute Gasteiger partial charge is 0.324 e. The molecule has 0 unspecified atom stereocenters. The molecule has 0 aliphatic carbocycles. The number of nitrogens with one attached hydrogen (secondary N) is 1. The second-order valence-electron chi connectivity index (χ2n) is 8.03. The van der Waals surface area contributed by atoms with Gasteiger partial charge in [0.25, 0.3) is 5.56 Å². The summed E-state index contributed by atoms with van der Waals surface area (Å²) < 4.78 is 3.89. The van der Waals surface area contributed by atoms with Crippen LogP contribution in [0, 0.1) is 6.92 Å². The lowest BCUT2D eigenvalue weighted by Gasteiger charge is -2.10. The lowest BCUT2D eigenvalue weighted by atomic mass is 10.1. The molecule has 2 heterocycles. The molecule has 0 spiro atoms. The summed E-state index contributed by atoms with van der Waals surface area (Å²) in [4.78, 5) is 39.3. The largest absolute Gasteiger partial charge is 0.352 e. The van der Waals surface area contributed by atoms with Gasteiger partial charge in [-0.3, -0.25) is 14.2 Å². The van der Waals surface area contributed by atoms with Gasteiger partial charge >= 0.3 is 5.69 Å². The number of hydrogen-bond acceptors (Lipinski definition) is 4. The summed E-state index contributed by atoms with van der Waals surface area (Å²) in [6.45, 7) is 1.90. The maximum Gasteiger partial charge on any atom is 0.352 e. The predicted octanol–water partition coefficient (Wildman–Crippen LogP) is 3.46. The Morgan fingerprint density at radius 1 is 1.00 bits per heavy atom. The van der Waals surface area contributed by atoms with Gasteiger partial charge in [0.15, 0.2) is 0 Å². The van der Waals surface area contributed by atoms with E-state index in [-0.39, 0.29) is 24.4 Å². The summed E-state index contributed by atoms with van der Waals surface area (Å²) in [5.41, 5.74) is 2.18. The number of aromatic nitrogens is 4. The average Bonchev–Trinajstić information content (AvgIpc) is 3.13. The number of nitrogens with zero attached hydrogens (tertiary/aromatic N) is 4. The van der Waals surface area contributed by atoms with Crippen molar-refractivity contribution >= 4 is 39.9 Å². The summed E-state index contributed by atoms with van der Waals surface area (Å²) in [5.74, 6) is -0.269. The van der Waals surface area contributed by atoms with Crippen molar-refractivity contribution in [1.82, 2.24) is 18.7 Å². The number of fused-ring (bicyclic) bond motifs is 3. The number of carbonyl (C=O) groups excluding carboxylic acids is 1. The van der Waals surface area contributed by atoms with E-state index in [1.54, 1.807) is 48.5 Å². The minimum Gasteiger partial charge on any atom is -0.324 e. The molecule has 170 valence electrons. The van der Waals surface area contributed by atoms with E-state index in [9.17, 15) is 14.4 Å². The minimum atomic E-state index is -0.509. The maximum atomic E-state index is 13.3. The van der Waals surface area contributed by atoms with Gasteiger partial charge in [-0.2, -0.15) is 0 Å². The van der Waals surface area contributed by atoms with Gasteiger partial charge in [0.2, 0.25) is 11.7 Å². The molecule has 5 aromatic rings. The Kier molecular flexibility index (Phi) is 5.51. The molecule has 0 bridgehead atoms. The molecule has 1 N–H and O–H groups in total. The Bertz CT molecular complexity index is 1660. The number of anilines is 1. The van der Waals surface area contributed by atoms with Crippen LogP contribution in [0.1, 0.15) is 11.1 Å². The van der Waals surface area contributed by atoms with Gasteiger partial charge in [-0.15, -0.1) is 5.10 Å². The molecule has 5 rings (SSSR count). The highest BCUT2D eigenvalue weighted by molar-refractivity contribution is 6.30. The highest BCUT2D eigenvalue weighted by atomic mass is 35.5. The molecule has 8 nitrogen and oxygen atoms in total. The molecule has 0 aliphatic heterocycles. The van der Waals surface area contributed by atoms with Crippen LogP contribution in [0.3, 0.4) is 0 Å². The van der Waals surface area contributed by atoms with Crippen LogP contribution in [-0.4, -0.2) is 24.7 Å². The summed E-state index contributed by atoms with van der Waals surface area (Å²) in [7, 11) is 0. The van der Waals surface area contributed by atoms with Crippen molar-refractivity contribution in [3.8, 4) is 0 Å². The minimum absolute atomic E-state index is 0.171. The Morgan fingerprint density at radius 2 is 1.76 bits per heavy atom. The van der Waals surface area contributed by atoms with Crippen LogP contribution in [0.25, 0.3) is 16.7 Å². The first-order chi connectivity index (χ1) is 16.4.